The quantitative estimate of drug-likeness (QED) is 0.820. The van der Waals surface area contributed by atoms with Gasteiger partial charge < -0.3 is 19.6 Å². The van der Waals surface area contributed by atoms with Gasteiger partial charge in [-0.1, -0.05) is 0 Å². The number of ether oxygens (including phenoxy) is 2. The number of oxazole rings is 1. The van der Waals surface area contributed by atoms with Crippen molar-refractivity contribution in [1.29, 1.82) is 0 Å². The number of anilines is 1. The van der Waals surface area contributed by atoms with Gasteiger partial charge in [0.05, 0.1) is 19.1 Å². The molecule has 0 spiro atoms. The molecule has 1 aliphatic heterocycles. The molecule has 1 aliphatic rings. The molecule has 1 saturated heterocycles. The van der Waals surface area contributed by atoms with Crippen LogP contribution in [0.4, 0.5) is 5.88 Å². The summed E-state index contributed by atoms with van der Waals surface area (Å²) in [5.41, 5.74) is 5.66. The van der Waals surface area contributed by atoms with Crippen molar-refractivity contribution in [2.45, 2.75) is 38.7 Å². The molecule has 1 fully saturated rings. The van der Waals surface area contributed by atoms with Crippen molar-refractivity contribution in [3.8, 4) is 0 Å². The number of hydrogen-bond donors (Lipinski definition) is 1. The van der Waals surface area contributed by atoms with Crippen LogP contribution in [-0.2, 0) is 15.9 Å². The smallest absolute Gasteiger partial charge is 0.362 e. The third-order valence-corrected chi connectivity index (χ3v) is 2.84. The van der Waals surface area contributed by atoms with Crippen LogP contribution in [-0.4, -0.2) is 30.3 Å². The molecule has 2 N–H and O–H groups in total. The zero-order valence-corrected chi connectivity index (χ0v) is 10.5. The van der Waals surface area contributed by atoms with E-state index in [0.29, 0.717) is 12.3 Å². The summed E-state index contributed by atoms with van der Waals surface area (Å²) in [4.78, 5) is 15.6. The fraction of sp³-hybridized carbons (Fsp3) is 0.667. The third kappa shape index (κ3) is 3.01. The lowest BCUT2D eigenvalue weighted by Crippen LogP contribution is -2.21. The van der Waals surface area contributed by atoms with Gasteiger partial charge in [-0.2, -0.15) is 0 Å². The minimum atomic E-state index is -0.547. The second kappa shape index (κ2) is 5.86. The molecule has 0 bridgehead atoms. The Labute approximate surface area is 105 Å². The first-order valence-electron chi connectivity index (χ1n) is 6.24. The van der Waals surface area contributed by atoms with Crippen LogP contribution >= 0.6 is 0 Å². The van der Waals surface area contributed by atoms with Crippen LogP contribution in [0.1, 0.15) is 42.6 Å². The molecule has 1 aromatic heterocycles. The number of carbonyl (C=O) groups excluding carboxylic acids is 1. The number of rotatable bonds is 4. The van der Waals surface area contributed by atoms with E-state index >= 15 is 0 Å². The molecule has 18 heavy (non-hydrogen) atoms. The number of hydrogen-bond acceptors (Lipinski definition) is 6. The Bertz CT molecular complexity index is 410. The third-order valence-electron chi connectivity index (χ3n) is 2.84. The molecule has 0 radical (unpaired) electrons. The van der Waals surface area contributed by atoms with Crippen molar-refractivity contribution in [3.05, 3.63) is 11.6 Å². The van der Waals surface area contributed by atoms with Gasteiger partial charge in [0.15, 0.2) is 5.89 Å². The Morgan fingerprint density at radius 2 is 2.39 bits per heavy atom. The number of nitrogen functional groups attached to an aromatic ring is 1. The molecule has 100 valence electrons. The maximum atomic E-state index is 11.5. The number of nitrogens with two attached hydrogens (primary N) is 1. The van der Waals surface area contributed by atoms with Crippen molar-refractivity contribution in [2.75, 3.05) is 18.9 Å². The predicted molar refractivity (Wildman–Crippen MR) is 64.2 cm³/mol. The SMILES string of the molecule is CCOC(=O)c1nc(CC2CCCCO2)oc1N. The molecule has 0 amide bonds. The van der Waals surface area contributed by atoms with Crippen molar-refractivity contribution in [3.63, 3.8) is 0 Å². The lowest BCUT2D eigenvalue weighted by Gasteiger charge is -2.20. The van der Waals surface area contributed by atoms with Gasteiger partial charge in [0.1, 0.15) is 0 Å². The molecular weight excluding hydrogens is 236 g/mol. The van der Waals surface area contributed by atoms with Crippen LogP contribution in [0.2, 0.25) is 0 Å². The zero-order chi connectivity index (χ0) is 13.0. The van der Waals surface area contributed by atoms with Crippen LogP contribution in [0.5, 0.6) is 0 Å². The van der Waals surface area contributed by atoms with Crippen molar-refractivity contribution < 1.29 is 18.7 Å². The summed E-state index contributed by atoms with van der Waals surface area (Å²) in [5, 5.41) is 0. The van der Waals surface area contributed by atoms with Gasteiger partial charge in [0.2, 0.25) is 11.6 Å². The van der Waals surface area contributed by atoms with Crippen molar-refractivity contribution >= 4 is 11.9 Å². The van der Waals surface area contributed by atoms with E-state index < -0.39 is 5.97 Å². The summed E-state index contributed by atoms with van der Waals surface area (Å²) in [7, 11) is 0. The predicted octanol–water partition coefficient (Wildman–Crippen LogP) is 1.55. The van der Waals surface area contributed by atoms with E-state index in [1.165, 1.54) is 0 Å². The van der Waals surface area contributed by atoms with E-state index in [2.05, 4.69) is 4.98 Å². The van der Waals surface area contributed by atoms with E-state index in [1.807, 2.05) is 0 Å². The van der Waals surface area contributed by atoms with Gasteiger partial charge in [-0.05, 0) is 26.2 Å². The lowest BCUT2D eigenvalue weighted by atomic mass is 10.1. The Morgan fingerprint density at radius 3 is 3.06 bits per heavy atom. The molecule has 1 aromatic rings. The molecular formula is C12H18N2O4. The Morgan fingerprint density at radius 1 is 1.56 bits per heavy atom. The van der Waals surface area contributed by atoms with E-state index in [1.54, 1.807) is 6.92 Å². The molecule has 0 saturated carbocycles. The van der Waals surface area contributed by atoms with Crippen LogP contribution in [0.3, 0.4) is 0 Å². The summed E-state index contributed by atoms with van der Waals surface area (Å²) in [5.74, 6) is -0.101. The van der Waals surface area contributed by atoms with Crippen LogP contribution < -0.4 is 5.73 Å². The summed E-state index contributed by atoms with van der Waals surface area (Å²) in [6.07, 6.45) is 3.87. The van der Waals surface area contributed by atoms with Crippen molar-refractivity contribution in [1.82, 2.24) is 4.98 Å². The zero-order valence-electron chi connectivity index (χ0n) is 10.5. The van der Waals surface area contributed by atoms with Gasteiger partial charge in [-0.25, -0.2) is 9.78 Å². The summed E-state index contributed by atoms with van der Waals surface area (Å²) >= 11 is 0. The molecule has 0 aliphatic carbocycles. The van der Waals surface area contributed by atoms with E-state index in [0.717, 1.165) is 25.9 Å². The summed E-state index contributed by atoms with van der Waals surface area (Å²) < 4.78 is 15.7. The maximum absolute atomic E-state index is 11.5. The number of aromatic nitrogens is 1. The normalized spacial score (nSPS) is 19.7. The largest absolute Gasteiger partial charge is 0.461 e. The minimum Gasteiger partial charge on any atom is -0.461 e. The highest BCUT2D eigenvalue weighted by Gasteiger charge is 2.22. The Balaban J connectivity index is 2.01. The molecule has 1 atom stereocenters. The maximum Gasteiger partial charge on any atom is 0.362 e. The Kier molecular flexibility index (Phi) is 4.19. The van der Waals surface area contributed by atoms with E-state index in [-0.39, 0.29) is 24.3 Å². The first-order valence-corrected chi connectivity index (χ1v) is 6.24. The molecule has 2 rings (SSSR count). The van der Waals surface area contributed by atoms with Crippen LogP contribution in [0, 0.1) is 0 Å². The topological polar surface area (TPSA) is 87.6 Å². The van der Waals surface area contributed by atoms with Gasteiger partial charge >= 0.3 is 5.97 Å². The van der Waals surface area contributed by atoms with E-state index in [9.17, 15) is 4.79 Å². The van der Waals surface area contributed by atoms with Gasteiger partial charge in [0.25, 0.3) is 0 Å². The minimum absolute atomic E-state index is 0.0132. The second-order valence-electron chi connectivity index (χ2n) is 4.23. The molecule has 2 heterocycles. The van der Waals surface area contributed by atoms with Crippen LogP contribution in [0.25, 0.3) is 0 Å². The first-order chi connectivity index (χ1) is 8.70. The highest BCUT2D eigenvalue weighted by atomic mass is 16.5. The standard InChI is InChI=1S/C12H18N2O4/c1-2-16-12(15)10-11(13)18-9(14-10)7-8-5-3-4-6-17-8/h8H,2-7,13H2,1H3. The summed E-state index contributed by atoms with van der Waals surface area (Å²) in [6.45, 7) is 2.78. The monoisotopic (exact) mass is 254 g/mol. The van der Waals surface area contributed by atoms with Gasteiger partial charge in [-0.3, -0.25) is 0 Å². The molecule has 6 heteroatoms. The number of carbonyl (C=O) groups is 1. The second-order valence-corrected chi connectivity index (χ2v) is 4.23. The average molecular weight is 254 g/mol. The molecule has 0 aromatic carbocycles. The van der Waals surface area contributed by atoms with Crippen LogP contribution in [0.15, 0.2) is 4.42 Å². The number of esters is 1. The number of nitrogens with zero attached hydrogens (tertiary/aromatic N) is 1. The fourth-order valence-corrected chi connectivity index (χ4v) is 1.97. The first kappa shape index (κ1) is 12.9. The molecule has 1 unspecified atom stereocenters. The highest BCUT2D eigenvalue weighted by molar-refractivity contribution is 5.91. The van der Waals surface area contributed by atoms with Gasteiger partial charge in [0, 0.05) is 6.61 Å². The molecule has 6 nitrogen and oxygen atoms in total. The van der Waals surface area contributed by atoms with E-state index in [4.69, 9.17) is 19.6 Å². The lowest BCUT2D eigenvalue weighted by molar-refractivity contribution is 0.0133. The summed E-state index contributed by atoms with van der Waals surface area (Å²) in [6, 6.07) is 0. The Hall–Kier alpha value is -1.56. The van der Waals surface area contributed by atoms with Crippen molar-refractivity contribution in [2.24, 2.45) is 0 Å². The van der Waals surface area contributed by atoms with Gasteiger partial charge in [-0.15, -0.1) is 0 Å². The average Bonchev–Trinajstić information content (AvgIpc) is 2.72. The fourth-order valence-electron chi connectivity index (χ4n) is 1.97. The highest BCUT2D eigenvalue weighted by Crippen LogP contribution is 2.20.